The minimum atomic E-state index is -6.18. The van der Waals surface area contributed by atoms with E-state index in [9.17, 15) is 46.1 Å². The zero-order chi connectivity index (χ0) is 27.2. The van der Waals surface area contributed by atoms with Crippen molar-refractivity contribution in [2.45, 2.75) is 43.4 Å². The molecule has 198 valence electrons. The van der Waals surface area contributed by atoms with Crippen LogP contribution in [-0.2, 0) is 21.7 Å². The third kappa shape index (κ3) is 4.88. The maximum Gasteiger partial charge on any atom is 0.430 e. The lowest BCUT2D eigenvalue weighted by molar-refractivity contribution is -0.376. The summed E-state index contributed by atoms with van der Waals surface area (Å²) in [4.78, 5) is 27.9. The van der Waals surface area contributed by atoms with E-state index in [1.165, 1.54) is 7.11 Å². The monoisotopic (exact) mass is 580 g/mol. The highest BCUT2D eigenvalue weighted by Crippen LogP contribution is 2.54. The van der Waals surface area contributed by atoms with Crippen LogP contribution in [0.15, 0.2) is 12.1 Å². The van der Waals surface area contributed by atoms with Crippen LogP contribution in [0.4, 0.5) is 26.3 Å². The van der Waals surface area contributed by atoms with Crippen LogP contribution in [0.2, 0.25) is 10.0 Å². The number of nitrogens with zero attached hydrogens (tertiary/aromatic N) is 1. The molecule has 16 heteroatoms. The lowest BCUT2D eigenvalue weighted by atomic mass is 9.80. The number of methoxy groups -OCH3 is 1. The van der Waals surface area contributed by atoms with Crippen molar-refractivity contribution in [3.05, 3.63) is 38.4 Å². The van der Waals surface area contributed by atoms with Gasteiger partial charge in [-0.15, -0.1) is 11.3 Å². The van der Waals surface area contributed by atoms with E-state index >= 15 is 0 Å². The molecule has 0 saturated heterocycles. The fourth-order valence-electron chi connectivity index (χ4n) is 3.58. The summed E-state index contributed by atoms with van der Waals surface area (Å²) in [7, 11) is 1.23. The molecule has 0 bridgehead atoms. The molecule has 1 aromatic carbocycles. The number of halogens is 8. The van der Waals surface area contributed by atoms with Crippen LogP contribution in [0.25, 0.3) is 10.4 Å². The molecule has 1 heterocycles. The van der Waals surface area contributed by atoms with Crippen molar-refractivity contribution in [2.75, 3.05) is 7.11 Å². The van der Waals surface area contributed by atoms with Gasteiger partial charge in [0.25, 0.3) is 11.5 Å². The number of esters is 1. The van der Waals surface area contributed by atoms with Gasteiger partial charge < -0.3 is 20.3 Å². The molecule has 3 rings (SSSR count). The van der Waals surface area contributed by atoms with Crippen LogP contribution in [0.3, 0.4) is 0 Å². The van der Waals surface area contributed by atoms with E-state index in [1.54, 1.807) is 0 Å². The Kier molecular flexibility index (Phi) is 7.88. The van der Waals surface area contributed by atoms with E-state index in [-0.39, 0.29) is 33.1 Å². The molecule has 1 aliphatic carbocycles. The van der Waals surface area contributed by atoms with Gasteiger partial charge in [0.15, 0.2) is 5.01 Å². The van der Waals surface area contributed by atoms with Gasteiger partial charge in [-0.1, -0.05) is 35.3 Å². The van der Waals surface area contributed by atoms with Crippen molar-refractivity contribution in [1.29, 1.82) is 0 Å². The van der Waals surface area contributed by atoms with Gasteiger partial charge in [0.2, 0.25) is 0 Å². The van der Waals surface area contributed by atoms with Crippen LogP contribution in [0.1, 0.15) is 33.9 Å². The normalized spacial score (nSPS) is 18.5. The van der Waals surface area contributed by atoms with Gasteiger partial charge in [0, 0.05) is 17.2 Å². The highest BCUT2D eigenvalue weighted by Gasteiger charge is 2.72. The molecule has 1 aromatic heterocycles. The number of aliphatic hydroxyl groups excluding tert-OH is 1. The van der Waals surface area contributed by atoms with E-state index < -0.39 is 52.0 Å². The number of nitrogens with one attached hydrogen (secondary N) is 1. The smallest absolute Gasteiger partial charge is 0.430 e. The van der Waals surface area contributed by atoms with Crippen LogP contribution in [-0.4, -0.2) is 52.6 Å². The summed E-state index contributed by atoms with van der Waals surface area (Å²) >= 11 is 12.4. The van der Waals surface area contributed by atoms with Crippen molar-refractivity contribution in [3.8, 4) is 10.4 Å². The maximum atomic E-state index is 13.3. The highest BCUT2D eigenvalue weighted by atomic mass is 35.5. The molecule has 3 N–H and O–H groups in total. The third-order valence-corrected chi connectivity index (χ3v) is 7.60. The average Bonchev–Trinajstić information content (AvgIpc) is 3.19. The van der Waals surface area contributed by atoms with Crippen molar-refractivity contribution in [1.82, 2.24) is 10.3 Å². The second-order valence-corrected chi connectivity index (χ2v) is 9.56. The Morgan fingerprint density at radius 2 is 1.72 bits per heavy atom. The summed E-state index contributed by atoms with van der Waals surface area (Å²) in [6.07, 6.45) is -11.7. The van der Waals surface area contributed by atoms with Gasteiger partial charge in [-0.2, -0.15) is 26.3 Å². The number of ether oxygens (including phenoxy) is 1. The maximum absolute atomic E-state index is 13.3. The molecule has 0 radical (unpaired) electrons. The number of benzene rings is 1. The molecule has 1 saturated carbocycles. The predicted octanol–water partition coefficient (Wildman–Crippen LogP) is 4.60. The highest BCUT2D eigenvalue weighted by molar-refractivity contribution is 7.17. The molecule has 1 fully saturated rings. The van der Waals surface area contributed by atoms with Crippen molar-refractivity contribution in [3.63, 3.8) is 0 Å². The molecule has 1 aliphatic rings. The molecule has 0 spiro atoms. The van der Waals surface area contributed by atoms with Gasteiger partial charge >= 0.3 is 18.3 Å². The molecular weight excluding hydrogens is 565 g/mol. The Labute approximate surface area is 213 Å². The Balaban J connectivity index is 1.94. The summed E-state index contributed by atoms with van der Waals surface area (Å²) in [6.45, 7) is -0.752. The molecule has 7 nitrogen and oxygen atoms in total. The minimum Gasteiger partial charge on any atom is -0.469 e. The second-order valence-electron chi connectivity index (χ2n) is 7.81. The summed E-state index contributed by atoms with van der Waals surface area (Å²) in [5, 5.41) is 19.7. The lowest BCUT2D eigenvalue weighted by Gasteiger charge is -2.33. The Morgan fingerprint density at radius 3 is 2.22 bits per heavy atom. The number of amides is 1. The zero-order valence-corrected chi connectivity index (χ0v) is 20.3. The first kappa shape index (κ1) is 28.4. The fourth-order valence-corrected chi connectivity index (χ4v) is 5.20. The summed E-state index contributed by atoms with van der Waals surface area (Å²) in [5.41, 5.74) is -7.40. The van der Waals surface area contributed by atoms with E-state index in [4.69, 9.17) is 23.2 Å². The number of rotatable bonds is 6. The summed E-state index contributed by atoms with van der Waals surface area (Å²) in [5.74, 6) is -1.47. The summed E-state index contributed by atoms with van der Waals surface area (Å²) in [6, 6.07) is 0.700. The fraction of sp³-hybridized carbons (Fsp3) is 0.450. The van der Waals surface area contributed by atoms with Gasteiger partial charge in [-0.05, 0) is 12.8 Å². The lowest BCUT2D eigenvalue weighted by Crippen LogP contribution is -2.54. The van der Waals surface area contributed by atoms with E-state index in [0.717, 1.165) is 6.07 Å². The Hall–Kier alpha value is -2.13. The zero-order valence-electron chi connectivity index (χ0n) is 17.9. The molecule has 0 unspecified atom stereocenters. The van der Waals surface area contributed by atoms with Crippen molar-refractivity contribution >= 4 is 46.4 Å². The van der Waals surface area contributed by atoms with E-state index in [0.29, 0.717) is 30.2 Å². The third-order valence-electron chi connectivity index (χ3n) is 5.59. The number of hydrogen-bond acceptors (Lipinski definition) is 7. The van der Waals surface area contributed by atoms with Gasteiger partial charge in [0.1, 0.15) is 0 Å². The first-order valence-electron chi connectivity index (χ1n) is 9.90. The van der Waals surface area contributed by atoms with Crippen LogP contribution in [0, 0.1) is 5.92 Å². The number of aromatic nitrogens is 1. The number of carbonyl (C=O) groups excluding carboxylic acids is 2. The van der Waals surface area contributed by atoms with Crippen molar-refractivity contribution in [2.24, 2.45) is 5.92 Å². The minimum absolute atomic E-state index is 0.0373. The van der Waals surface area contributed by atoms with E-state index in [2.05, 4.69) is 15.0 Å². The van der Waals surface area contributed by atoms with Gasteiger partial charge in [-0.25, -0.2) is 4.98 Å². The molecular formula is C20H16Cl2F6N2O5S. The number of hydrogen-bond donors (Lipinski definition) is 3. The number of aliphatic hydroxyl groups is 2. The predicted molar refractivity (Wildman–Crippen MR) is 115 cm³/mol. The van der Waals surface area contributed by atoms with Gasteiger partial charge in [0.05, 0.1) is 40.3 Å². The molecule has 1 amide bonds. The first-order chi connectivity index (χ1) is 16.6. The van der Waals surface area contributed by atoms with Crippen LogP contribution < -0.4 is 5.32 Å². The Morgan fingerprint density at radius 1 is 1.14 bits per heavy atom. The Bertz CT molecular complexity index is 1170. The number of thiazole rings is 1. The first-order valence-corrected chi connectivity index (χ1v) is 11.5. The summed E-state index contributed by atoms with van der Waals surface area (Å²) < 4.78 is 84.3. The molecule has 36 heavy (non-hydrogen) atoms. The van der Waals surface area contributed by atoms with Crippen molar-refractivity contribution < 1.29 is 50.9 Å². The standard InChI is InChI=1S/C20H16Cl2F6N2O5S/c1-35-17(33)7-4-8(5-7)29-15(32)16-30-11(6-31)14(36-16)9-2-3-10(13(22)12(9)21)18(34,19(23,24)25)20(26,27)28/h2-3,7-8,31,34H,4-6H2,1H3,(H,29,32)/t7-,8-. The molecule has 0 atom stereocenters. The number of carbonyl (C=O) groups is 2. The second kappa shape index (κ2) is 9.97. The number of alkyl halides is 6. The largest absolute Gasteiger partial charge is 0.469 e. The molecule has 0 aliphatic heterocycles. The van der Waals surface area contributed by atoms with Crippen LogP contribution >= 0.6 is 34.5 Å². The van der Waals surface area contributed by atoms with E-state index in [1.807, 2.05) is 0 Å². The SMILES string of the molecule is COC(=O)[C@H]1C[C@H](NC(=O)c2nc(CO)c(-c3ccc(C(O)(C(F)(F)F)C(F)(F)F)c(Cl)c3Cl)s2)C1. The van der Waals surface area contributed by atoms with Crippen LogP contribution in [0.5, 0.6) is 0 Å². The quantitative estimate of drug-likeness (QED) is 0.340. The molecule has 2 aromatic rings. The average molecular weight is 581 g/mol. The van der Waals surface area contributed by atoms with Gasteiger partial charge in [-0.3, -0.25) is 9.59 Å². The topological polar surface area (TPSA) is 109 Å².